The predicted molar refractivity (Wildman–Crippen MR) is 47.4 cm³/mol. The van der Waals surface area contributed by atoms with Crippen molar-refractivity contribution in [2.24, 2.45) is 5.92 Å². The van der Waals surface area contributed by atoms with Crippen LogP contribution in [0.15, 0.2) is 0 Å². The molecule has 2 nitrogen and oxygen atoms in total. The Bertz CT molecular complexity index is 135. The zero-order valence-electron chi connectivity index (χ0n) is 8.19. The Kier molecular flexibility index (Phi) is 3.56. The van der Waals surface area contributed by atoms with Crippen LogP contribution < -0.4 is 5.32 Å². The quantitative estimate of drug-likeness (QED) is 0.652. The first-order chi connectivity index (χ1) is 4.87. The molecular weight excluding hydrogens is 138 g/mol. The zero-order valence-corrected chi connectivity index (χ0v) is 8.19. The normalized spacial score (nSPS) is 14.3. The molecule has 0 heterocycles. The lowest BCUT2D eigenvalue weighted by atomic mass is 10.0. The van der Waals surface area contributed by atoms with E-state index in [0.717, 1.165) is 6.42 Å². The van der Waals surface area contributed by atoms with Crippen LogP contribution in [0.25, 0.3) is 0 Å². The average molecular weight is 157 g/mol. The monoisotopic (exact) mass is 157 g/mol. The first-order valence-electron chi connectivity index (χ1n) is 4.19. The van der Waals surface area contributed by atoms with Crippen molar-refractivity contribution < 1.29 is 4.79 Å². The molecule has 1 atom stereocenters. The molecule has 0 rings (SSSR count). The molecule has 0 saturated heterocycles. The minimum atomic E-state index is -0.0967. The maximum atomic E-state index is 11.3. The molecule has 11 heavy (non-hydrogen) atoms. The van der Waals surface area contributed by atoms with Gasteiger partial charge < -0.3 is 5.32 Å². The summed E-state index contributed by atoms with van der Waals surface area (Å²) >= 11 is 0. The fourth-order valence-electron chi connectivity index (χ4n) is 0.678. The van der Waals surface area contributed by atoms with Crippen LogP contribution in [-0.4, -0.2) is 11.4 Å². The molecule has 0 aromatic heterocycles. The maximum absolute atomic E-state index is 11.3. The molecule has 0 aliphatic carbocycles. The summed E-state index contributed by atoms with van der Waals surface area (Å²) in [5, 5.41) is 2.93. The van der Waals surface area contributed by atoms with Crippen LogP contribution in [0, 0.1) is 5.92 Å². The van der Waals surface area contributed by atoms with Crippen molar-refractivity contribution in [1.29, 1.82) is 0 Å². The molecule has 0 aliphatic rings. The molecule has 1 amide bonds. The predicted octanol–water partition coefficient (Wildman–Crippen LogP) is 1.95. The van der Waals surface area contributed by atoms with E-state index < -0.39 is 0 Å². The minimum absolute atomic E-state index is 0.0967. The third-order valence-electron chi connectivity index (χ3n) is 1.56. The highest BCUT2D eigenvalue weighted by Gasteiger charge is 2.17. The van der Waals surface area contributed by atoms with Crippen molar-refractivity contribution in [2.75, 3.05) is 0 Å². The number of nitrogens with one attached hydrogen (secondary N) is 1. The largest absolute Gasteiger partial charge is 0.351 e. The van der Waals surface area contributed by atoms with Crippen molar-refractivity contribution in [3.8, 4) is 0 Å². The number of carbonyl (C=O) groups is 1. The molecule has 0 spiro atoms. The van der Waals surface area contributed by atoms with E-state index in [2.05, 4.69) is 5.32 Å². The van der Waals surface area contributed by atoms with Gasteiger partial charge in [-0.05, 0) is 27.2 Å². The van der Waals surface area contributed by atoms with Crippen LogP contribution in [-0.2, 0) is 4.79 Å². The molecule has 66 valence electrons. The number of rotatable bonds is 2. The molecule has 0 aromatic rings. The van der Waals surface area contributed by atoms with Gasteiger partial charge in [0.15, 0.2) is 0 Å². The molecule has 0 bridgehead atoms. The van der Waals surface area contributed by atoms with Crippen molar-refractivity contribution in [3.05, 3.63) is 0 Å². The fraction of sp³-hybridized carbons (Fsp3) is 0.889. The van der Waals surface area contributed by atoms with Crippen LogP contribution in [0.3, 0.4) is 0 Å². The van der Waals surface area contributed by atoms with Crippen LogP contribution >= 0.6 is 0 Å². The lowest BCUT2D eigenvalue weighted by Crippen LogP contribution is -2.43. The Morgan fingerprint density at radius 3 is 2.18 bits per heavy atom. The van der Waals surface area contributed by atoms with E-state index in [1.165, 1.54) is 0 Å². The summed E-state index contributed by atoms with van der Waals surface area (Å²) in [6, 6.07) is 0. The summed E-state index contributed by atoms with van der Waals surface area (Å²) in [4.78, 5) is 11.3. The van der Waals surface area contributed by atoms with E-state index in [4.69, 9.17) is 0 Å². The van der Waals surface area contributed by atoms with Crippen molar-refractivity contribution in [2.45, 2.75) is 46.6 Å². The summed E-state index contributed by atoms with van der Waals surface area (Å²) in [6.45, 7) is 9.95. The zero-order chi connectivity index (χ0) is 9.07. The van der Waals surface area contributed by atoms with Gasteiger partial charge in [0, 0.05) is 11.5 Å². The highest BCUT2D eigenvalue weighted by Crippen LogP contribution is 2.05. The van der Waals surface area contributed by atoms with E-state index in [9.17, 15) is 4.79 Å². The smallest absolute Gasteiger partial charge is 0.223 e. The number of amides is 1. The van der Waals surface area contributed by atoms with Gasteiger partial charge in [-0.2, -0.15) is 0 Å². The standard InChI is InChI=1S/C9H19NO/c1-6-7(2)8(11)10-9(3,4)5/h7H,6H2,1-5H3,(H,10,11)/t7-/m1/s1. The van der Waals surface area contributed by atoms with E-state index in [1.807, 2.05) is 34.6 Å². The molecule has 0 aliphatic heterocycles. The number of hydrogen-bond acceptors (Lipinski definition) is 1. The van der Waals surface area contributed by atoms with Crippen LogP contribution in [0.4, 0.5) is 0 Å². The number of hydrogen-bond donors (Lipinski definition) is 1. The molecule has 0 radical (unpaired) electrons. The van der Waals surface area contributed by atoms with Gasteiger partial charge in [0.1, 0.15) is 0 Å². The average Bonchev–Trinajstić information content (AvgIpc) is 1.82. The van der Waals surface area contributed by atoms with Gasteiger partial charge in [-0.25, -0.2) is 0 Å². The second kappa shape index (κ2) is 3.74. The second-order valence-electron chi connectivity index (χ2n) is 4.05. The van der Waals surface area contributed by atoms with Crippen LogP contribution in [0.5, 0.6) is 0 Å². The van der Waals surface area contributed by atoms with Gasteiger partial charge in [-0.3, -0.25) is 4.79 Å². The summed E-state index contributed by atoms with van der Waals surface area (Å²) in [5.41, 5.74) is -0.0967. The molecule has 0 saturated carbocycles. The van der Waals surface area contributed by atoms with Gasteiger partial charge in [0.2, 0.25) is 5.91 Å². The Labute approximate surface area is 69.4 Å². The van der Waals surface area contributed by atoms with Crippen LogP contribution in [0.2, 0.25) is 0 Å². The maximum Gasteiger partial charge on any atom is 0.223 e. The van der Waals surface area contributed by atoms with Crippen molar-refractivity contribution >= 4 is 5.91 Å². The van der Waals surface area contributed by atoms with Gasteiger partial charge >= 0.3 is 0 Å². The molecule has 0 fully saturated rings. The van der Waals surface area contributed by atoms with Crippen molar-refractivity contribution in [3.63, 3.8) is 0 Å². The third-order valence-corrected chi connectivity index (χ3v) is 1.56. The summed E-state index contributed by atoms with van der Waals surface area (Å²) in [6.07, 6.45) is 0.905. The highest BCUT2D eigenvalue weighted by molar-refractivity contribution is 5.78. The summed E-state index contributed by atoms with van der Waals surface area (Å²) in [5.74, 6) is 0.286. The van der Waals surface area contributed by atoms with Crippen molar-refractivity contribution in [1.82, 2.24) is 5.32 Å². The Morgan fingerprint density at radius 1 is 1.45 bits per heavy atom. The molecule has 1 N–H and O–H groups in total. The van der Waals surface area contributed by atoms with Crippen LogP contribution in [0.1, 0.15) is 41.0 Å². The SMILES string of the molecule is CC[C@@H](C)C(=O)NC(C)(C)C. The first kappa shape index (κ1) is 10.5. The number of carbonyl (C=O) groups excluding carboxylic acids is 1. The summed E-state index contributed by atoms with van der Waals surface area (Å²) in [7, 11) is 0. The van der Waals surface area contributed by atoms with Gasteiger partial charge in [0.05, 0.1) is 0 Å². The van der Waals surface area contributed by atoms with E-state index in [1.54, 1.807) is 0 Å². The molecule has 0 unspecified atom stereocenters. The molecule has 2 heteroatoms. The Balaban J connectivity index is 3.88. The fourth-order valence-corrected chi connectivity index (χ4v) is 0.678. The van der Waals surface area contributed by atoms with E-state index in [0.29, 0.717) is 0 Å². The lowest BCUT2D eigenvalue weighted by Gasteiger charge is -2.22. The molecular formula is C9H19NO. The third kappa shape index (κ3) is 4.82. The van der Waals surface area contributed by atoms with E-state index >= 15 is 0 Å². The summed E-state index contributed by atoms with van der Waals surface area (Å²) < 4.78 is 0. The lowest BCUT2D eigenvalue weighted by molar-refractivity contribution is -0.126. The minimum Gasteiger partial charge on any atom is -0.351 e. The highest BCUT2D eigenvalue weighted by atomic mass is 16.2. The second-order valence-corrected chi connectivity index (χ2v) is 4.05. The van der Waals surface area contributed by atoms with E-state index in [-0.39, 0.29) is 17.4 Å². The van der Waals surface area contributed by atoms with Gasteiger partial charge in [0.25, 0.3) is 0 Å². The van der Waals surface area contributed by atoms with Gasteiger partial charge in [-0.15, -0.1) is 0 Å². The first-order valence-corrected chi connectivity index (χ1v) is 4.19. The topological polar surface area (TPSA) is 29.1 Å². The Hall–Kier alpha value is -0.530. The van der Waals surface area contributed by atoms with Gasteiger partial charge in [-0.1, -0.05) is 13.8 Å². The molecule has 0 aromatic carbocycles. The Morgan fingerprint density at radius 2 is 1.91 bits per heavy atom.